The van der Waals surface area contributed by atoms with Gasteiger partial charge in [0.15, 0.2) is 0 Å². The van der Waals surface area contributed by atoms with E-state index < -0.39 is 0 Å². The van der Waals surface area contributed by atoms with Crippen molar-refractivity contribution in [2.45, 2.75) is 34.1 Å². The highest BCUT2D eigenvalue weighted by molar-refractivity contribution is 8.17. The van der Waals surface area contributed by atoms with Gasteiger partial charge >= 0.3 is 0 Å². The van der Waals surface area contributed by atoms with E-state index in [1.165, 1.54) is 4.91 Å². The first-order chi connectivity index (χ1) is 6.02. The molecule has 0 saturated heterocycles. The lowest BCUT2D eigenvalue weighted by molar-refractivity contribution is 0.363. The molecule has 0 aromatic heterocycles. The molecule has 74 valence electrons. The third-order valence-corrected chi connectivity index (χ3v) is 3.66. The zero-order valence-electron chi connectivity index (χ0n) is 8.92. The van der Waals surface area contributed by atoms with E-state index in [1.54, 1.807) is 11.8 Å². The molecular formula is C11H19NS. The molecule has 1 rings (SSSR count). The van der Waals surface area contributed by atoms with Gasteiger partial charge in [0.25, 0.3) is 0 Å². The molecular weight excluding hydrogens is 178 g/mol. The predicted molar refractivity (Wildman–Crippen MR) is 61.2 cm³/mol. The van der Waals surface area contributed by atoms with Gasteiger partial charge in [-0.2, -0.15) is 0 Å². The second kappa shape index (κ2) is 4.32. The highest BCUT2D eigenvalue weighted by Gasteiger charge is 2.27. The van der Waals surface area contributed by atoms with E-state index in [4.69, 9.17) is 5.41 Å². The zero-order chi connectivity index (χ0) is 10.0. The van der Waals surface area contributed by atoms with Crippen molar-refractivity contribution < 1.29 is 0 Å². The van der Waals surface area contributed by atoms with Crippen LogP contribution in [0.5, 0.6) is 0 Å². The lowest BCUT2D eigenvalue weighted by Gasteiger charge is -2.25. The predicted octanol–water partition coefficient (Wildman–Crippen LogP) is 3.91. The summed E-state index contributed by atoms with van der Waals surface area (Å²) in [5.41, 5.74) is 0. The average molecular weight is 197 g/mol. The molecule has 0 aromatic rings. The molecule has 0 amide bonds. The van der Waals surface area contributed by atoms with Crippen molar-refractivity contribution in [3.8, 4) is 0 Å². The Morgan fingerprint density at radius 3 is 2.69 bits per heavy atom. The normalized spacial score (nSPS) is 30.2. The molecule has 0 saturated carbocycles. The highest BCUT2D eigenvalue weighted by Crippen LogP contribution is 2.35. The third kappa shape index (κ3) is 2.60. The maximum atomic E-state index is 8.00. The van der Waals surface area contributed by atoms with Gasteiger partial charge in [0.1, 0.15) is 0 Å². The van der Waals surface area contributed by atoms with Crippen LogP contribution in [0.3, 0.4) is 0 Å². The Kier molecular flexibility index (Phi) is 3.60. The zero-order valence-corrected chi connectivity index (χ0v) is 9.74. The highest BCUT2D eigenvalue weighted by atomic mass is 32.2. The van der Waals surface area contributed by atoms with Crippen LogP contribution in [0.2, 0.25) is 0 Å². The summed E-state index contributed by atoms with van der Waals surface area (Å²) in [6, 6.07) is 0. The van der Waals surface area contributed by atoms with Gasteiger partial charge < -0.3 is 0 Å². The molecule has 1 N–H and O–H groups in total. The van der Waals surface area contributed by atoms with E-state index in [0.29, 0.717) is 17.8 Å². The van der Waals surface area contributed by atoms with E-state index in [1.807, 2.05) is 0 Å². The topological polar surface area (TPSA) is 23.9 Å². The number of rotatable bonds is 1. The molecule has 1 aliphatic heterocycles. The second-order valence-corrected chi connectivity index (χ2v) is 5.55. The van der Waals surface area contributed by atoms with E-state index in [0.717, 1.165) is 11.5 Å². The van der Waals surface area contributed by atoms with Crippen molar-refractivity contribution in [2.75, 3.05) is 0 Å². The fourth-order valence-electron chi connectivity index (χ4n) is 2.00. The van der Waals surface area contributed by atoms with Crippen molar-refractivity contribution in [3.63, 3.8) is 0 Å². The first-order valence-electron chi connectivity index (χ1n) is 4.95. The Labute approximate surface area is 85.5 Å². The van der Waals surface area contributed by atoms with Crippen molar-refractivity contribution in [3.05, 3.63) is 11.0 Å². The lowest BCUT2D eigenvalue weighted by atomic mass is 9.83. The van der Waals surface area contributed by atoms with Crippen LogP contribution in [0.25, 0.3) is 0 Å². The van der Waals surface area contributed by atoms with Crippen LogP contribution < -0.4 is 0 Å². The van der Waals surface area contributed by atoms with E-state index in [9.17, 15) is 0 Å². The quantitative estimate of drug-likeness (QED) is 0.677. The van der Waals surface area contributed by atoms with Crippen LogP contribution in [0.15, 0.2) is 11.0 Å². The summed E-state index contributed by atoms with van der Waals surface area (Å²) in [7, 11) is 0. The number of hydrogen-bond acceptors (Lipinski definition) is 2. The minimum Gasteiger partial charge on any atom is -0.298 e. The van der Waals surface area contributed by atoms with Crippen LogP contribution in [-0.4, -0.2) is 5.04 Å². The summed E-state index contributed by atoms with van der Waals surface area (Å²) in [5.74, 6) is 1.67. The van der Waals surface area contributed by atoms with Crippen molar-refractivity contribution in [2.24, 2.45) is 17.8 Å². The Balaban J connectivity index is 2.81. The Morgan fingerprint density at radius 2 is 2.15 bits per heavy atom. The summed E-state index contributed by atoms with van der Waals surface area (Å²) >= 11 is 1.65. The van der Waals surface area contributed by atoms with E-state index in [-0.39, 0.29) is 0 Å². The minimum absolute atomic E-state index is 0.457. The number of hydrogen-bond donors (Lipinski definition) is 1. The van der Waals surface area contributed by atoms with Gasteiger partial charge in [-0.05, 0) is 30.1 Å². The molecule has 0 spiro atoms. The van der Waals surface area contributed by atoms with Gasteiger partial charge in [-0.1, -0.05) is 38.6 Å². The largest absolute Gasteiger partial charge is 0.298 e. The number of nitrogens with one attached hydrogen (secondary N) is 1. The molecule has 1 aliphatic rings. The van der Waals surface area contributed by atoms with Gasteiger partial charge in [0, 0.05) is 5.92 Å². The molecule has 0 aromatic carbocycles. The maximum Gasteiger partial charge on any atom is 0.0722 e. The molecule has 2 unspecified atom stereocenters. The van der Waals surface area contributed by atoms with Gasteiger partial charge in [0.2, 0.25) is 0 Å². The second-order valence-electron chi connectivity index (χ2n) is 4.26. The maximum absolute atomic E-state index is 8.00. The van der Waals surface area contributed by atoms with Gasteiger partial charge in [-0.3, -0.25) is 5.41 Å². The van der Waals surface area contributed by atoms with Gasteiger partial charge in [-0.25, -0.2) is 0 Å². The molecule has 1 heterocycles. The average Bonchev–Trinajstić information content (AvgIpc) is 2.10. The van der Waals surface area contributed by atoms with Gasteiger partial charge in [-0.15, -0.1) is 0 Å². The summed E-state index contributed by atoms with van der Waals surface area (Å²) in [6.07, 6.45) is 3.40. The standard InChI is InChI=1S/C11H19NS/c1-7(2)10-8(3)5-6-9(4)13-11(10)12/h6-8,10,12H,5H2,1-4H3. The first kappa shape index (κ1) is 10.8. The third-order valence-electron chi connectivity index (χ3n) is 2.68. The summed E-state index contributed by atoms with van der Waals surface area (Å²) in [4.78, 5) is 1.29. The van der Waals surface area contributed by atoms with Crippen molar-refractivity contribution in [1.29, 1.82) is 5.41 Å². The van der Waals surface area contributed by atoms with Crippen LogP contribution >= 0.6 is 11.8 Å². The molecule has 0 radical (unpaired) electrons. The fourth-order valence-corrected chi connectivity index (χ4v) is 3.17. The van der Waals surface area contributed by atoms with Crippen molar-refractivity contribution in [1.82, 2.24) is 0 Å². The van der Waals surface area contributed by atoms with Crippen molar-refractivity contribution >= 4 is 16.8 Å². The first-order valence-corrected chi connectivity index (χ1v) is 5.77. The van der Waals surface area contributed by atoms with E-state index in [2.05, 4.69) is 33.8 Å². The molecule has 1 nitrogen and oxygen atoms in total. The number of allylic oxidation sites excluding steroid dienone is 2. The molecule has 0 fully saturated rings. The Bertz CT molecular complexity index is 230. The Hall–Kier alpha value is -0.240. The molecule has 2 heteroatoms. The van der Waals surface area contributed by atoms with Crippen LogP contribution in [0.4, 0.5) is 0 Å². The van der Waals surface area contributed by atoms with Crippen LogP contribution in [0, 0.1) is 23.2 Å². The van der Waals surface area contributed by atoms with Crippen LogP contribution in [-0.2, 0) is 0 Å². The summed E-state index contributed by atoms with van der Waals surface area (Å²) < 4.78 is 0. The SMILES string of the molecule is CC1=CCC(C)C(C(C)C)C(=N)S1. The summed E-state index contributed by atoms with van der Waals surface area (Å²) in [6.45, 7) is 8.80. The lowest BCUT2D eigenvalue weighted by Crippen LogP contribution is -2.23. The minimum atomic E-state index is 0.457. The number of thioether (sulfide) groups is 1. The smallest absolute Gasteiger partial charge is 0.0722 e. The monoisotopic (exact) mass is 197 g/mol. The molecule has 0 bridgehead atoms. The van der Waals surface area contributed by atoms with Crippen LogP contribution in [0.1, 0.15) is 34.1 Å². The Morgan fingerprint density at radius 1 is 1.54 bits per heavy atom. The van der Waals surface area contributed by atoms with E-state index >= 15 is 0 Å². The summed E-state index contributed by atoms with van der Waals surface area (Å²) in [5, 5.41) is 8.85. The molecule has 2 atom stereocenters. The molecule has 13 heavy (non-hydrogen) atoms. The molecule has 0 aliphatic carbocycles. The van der Waals surface area contributed by atoms with Gasteiger partial charge in [0.05, 0.1) is 5.04 Å². The fraction of sp³-hybridized carbons (Fsp3) is 0.727.